The molecule has 0 amide bonds. The SMILES string of the molecule is CCCC(C)(CCS(=O)(=O)C(C)C)CNCCOC. The molecule has 0 fully saturated rings. The summed E-state index contributed by atoms with van der Waals surface area (Å²) < 4.78 is 28.8. The quantitative estimate of drug-likeness (QED) is 0.594. The van der Waals surface area contributed by atoms with E-state index in [0.717, 1.165) is 32.4 Å². The van der Waals surface area contributed by atoms with Gasteiger partial charge in [0.2, 0.25) is 0 Å². The van der Waals surface area contributed by atoms with Crippen LogP contribution in [0.3, 0.4) is 0 Å². The highest BCUT2D eigenvalue weighted by Crippen LogP contribution is 2.28. The van der Waals surface area contributed by atoms with Crippen LogP contribution < -0.4 is 5.32 Å². The molecule has 116 valence electrons. The predicted molar refractivity (Wildman–Crippen MR) is 81.3 cm³/mol. The van der Waals surface area contributed by atoms with Crippen molar-refractivity contribution in [3.63, 3.8) is 0 Å². The number of sulfone groups is 1. The van der Waals surface area contributed by atoms with E-state index in [1.165, 1.54) is 0 Å². The molecular weight excluding hydrogens is 262 g/mol. The summed E-state index contributed by atoms with van der Waals surface area (Å²) in [6, 6.07) is 0. The average molecular weight is 293 g/mol. The van der Waals surface area contributed by atoms with Gasteiger partial charge in [0, 0.05) is 20.2 Å². The Balaban J connectivity index is 4.37. The van der Waals surface area contributed by atoms with Crippen LogP contribution in [0.4, 0.5) is 0 Å². The first kappa shape index (κ1) is 18.9. The van der Waals surface area contributed by atoms with Crippen molar-refractivity contribution in [1.82, 2.24) is 5.32 Å². The summed E-state index contributed by atoms with van der Waals surface area (Å²) in [5, 5.41) is 3.08. The van der Waals surface area contributed by atoms with Crippen LogP contribution >= 0.6 is 0 Å². The third kappa shape index (κ3) is 7.90. The molecule has 0 saturated heterocycles. The maximum atomic E-state index is 11.9. The Morgan fingerprint density at radius 3 is 2.37 bits per heavy atom. The van der Waals surface area contributed by atoms with E-state index in [9.17, 15) is 8.42 Å². The van der Waals surface area contributed by atoms with E-state index in [4.69, 9.17) is 4.74 Å². The lowest BCUT2D eigenvalue weighted by Gasteiger charge is -2.30. The van der Waals surface area contributed by atoms with Gasteiger partial charge in [-0.05, 0) is 32.1 Å². The summed E-state index contributed by atoms with van der Waals surface area (Å²) in [6.45, 7) is 10.2. The molecule has 5 heteroatoms. The molecule has 0 aromatic carbocycles. The second-order valence-corrected chi connectivity index (χ2v) is 8.57. The van der Waals surface area contributed by atoms with E-state index < -0.39 is 9.84 Å². The molecule has 0 aromatic heterocycles. The molecule has 19 heavy (non-hydrogen) atoms. The number of rotatable bonds is 11. The van der Waals surface area contributed by atoms with Crippen LogP contribution in [0.2, 0.25) is 0 Å². The van der Waals surface area contributed by atoms with Gasteiger partial charge in [-0.15, -0.1) is 0 Å². The molecule has 1 N–H and O–H groups in total. The van der Waals surface area contributed by atoms with Gasteiger partial charge in [0.25, 0.3) is 0 Å². The molecule has 0 saturated carbocycles. The fraction of sp³-hybridized carbons (Fsp3) is 1.00. The number of ether oxygens (including phenoxy) is 1. The normalized spacial score (nSPS) is 15.7. The number of hydrogen-bond acceptors (Lipinski definition) is 4. The Bertz CT molecular complexity index is 328. The Kier molecular flexibility index (Phi) is 8.86. The van der Waals surface area contributed by atoms with Crippen LogP contribution in [0.15, 0.2) is 0 Å². The lowest BCUT2D eigenvalue weighted by molar-refractivity contribution is 0.189. The van der Waals surface area contributed by atoms with Crippen molar-refractivity contribution in [3.05, 3.63) is 0 Å². The van der Waals surface area contributed by atoms with Crippen LogP contribution in [0.25, 0.3) is 0 Å². The van der Waals surface area contributed by atoms with Gasteiger partial charge in [0.05, 0.1) is 17.6 Å². The largest absolute Gasteiger partial charge is 0.383 e. The van der Waals surface area contributed by atoms with E-state index in [0.29, 0.717) is 6.61 Å². The number of methoxy groups -OCH3 is 1. The van der Waals surface area contributed by atoms with Crippen LogP contribution in [0.5, 0.6) is 0 Å². The standard InChI is InChI=1S/C14H31NO3S/c1-6-7-14(4,12-15-9-10-18-5)8-11-19(16,17)13(2)3/h13,15H,6-12H2,1-5H3. The van der Waals surface area contributed by atoms with Gasteiger partial charge in [0.15, 0.2) is 9.84 Å². The lowest BCUT2D eigenvalue weighted by Crippen LogP contribution is -2.35. The summed E-state index contributed by atoms with van der Waals surface area (Å²) in [5.41, 5.74) is 0.0461. The van der Waals surface area contributed by atoms with Crippen molar-refractivity contribution >= 4 is 9.84 Å². The van der Waals surface area contributed by atoms with Crippen LogP contribution in [-0.2, 0) is 14.6 Å². The highest BCUT2D eigenvalue weighted by molar-refractivity contribution is 7.91. The van der Waals surface area contributed by atoms with Crippen LogP contribution in [-0.4, -0.2) is 46.2 Å². The molecule has 0 spiro atoms. The lowest BCUT2D eigenvalue weighted by atomic mass is 9.83. The first-order chi connectivity index (χ1) is 8.77. The summed E-state index contributed by atoms with van der Waals surface area (Å²) in [5.74, 6) is 0.285. The first-order valence-corrected chi connectivity index (χ1v) is 8.90. The van der Waals surface area contributed by atoms with Gasteiger partial charge in [-0.1, -0.05) is 20.3 Å². The van der Waals surface area contributed by atoms with Crippen molar-refractivity contribution < 1.29 is 13.2 Å². The van der Waals surface area contributed by atoms with E-state index in [1.807, 2.05) is 0 Å². The number of hydrogen-bond donors (Lipinski definition) is 1. The van der Waals surface area contributed by atoms with Crippen molar-refractivity contribution in [1.29, 1.82) is 0 Å². The monoisotopic (exact) mass is 293 g/mol. The molecule has 4 nitrogen and oxygen atoms in total. The molecule has 1 atom stereocenters. The zero-order chi connectivity index (χ0) is 14.9. The minimum absolute atomic E-state index is 0.0461. The third-order valence-electron chi connectivity index (χ3n) is 3.60. The van der Waals surface area contributed by atoms with E-state index in [-0.39, 0.29) is 16.4 Å². The first-order valence-electron chi connectivity index (χ1n) is 7.18. The van der Waals surface area contributed by atoms with Gasteiger partial charge in [0.1, 0.15) is 0 Å². The molecule has 0 aromatic rings. The van der Waals surface area contributed by atoms with Gasteiger partial charge in [-0.2, -0.15) is 0 Å². The van der Waals surface area contributed by atoms with Gasteiger partial charge in [-0.25, -0.2) is 8.42 Å². The molecule has 0 aliphatic carbocycles. The summed E-state index contributed by atoms with van der Waals surface area (Å²) in [6.07, 6.45) is 2.84. The van der Waals surface area contributed by atoms with Crippen LogP contribution in [0, 0.1) is 5.41 Å². The maximum absolute atomic E-state index is 11.9. The fourth-order valence-electron chi connectivity index (χ4n) is 2.09. The Morgan fingerprint density at radius 1 is 1.26 bits per heavy atom. The third-order valence-corrected chi connectivity index (χ3v) is 5.81. The Labute approximate surface area is 119 Å². The molecule has 0 heterocycles. The zero-order valence-corrected chi connectivity index (χ0v) is 14.0. The molecular formula is C14H31NO3S. The predicted octanol–water partition coefficient (Wildman–Crippen LogP) is 2.24. The molecule has 1 unspecified atom stereocenters. The van der Waals surface area contributed by atoms with Gasteiger partial charge in [-0.3, -0.25) is 0 Å². The van der Waals surface area contributed by atoms with Crippen molar-refractivity contribution in [2.24, 2.45) is 5.41 Å². The molecule has 0 radical (unpaired) electrons. The molecule has 0 aliphatic rings. The second-order valence-electron chi connectivity index (χ2n) is 5.90. The minimum Gasteiger partial charge on any atom is -0.383 e. The highest BCUT2D eigenvalue weighted by Gasteiger charge is 2.26. The topological polar surface area (TPSA) is 55.4 Å². The average Bonchev–Trinajstić information content (AvgIpc) is 2.33. The molecule has 0 aliphatic heterocycles. The van der Waals surface area contributed by atoms with E-state index >= 15 is 0 Å². The van der Waals surface area contributed by atoms with Crippen molar-refractivity contribution in [2.75, 3.05) is 32.6 Å². The summed E-state index contributed by atoms with van der Waals surface area (Å²) >= 11 is 0. The van der Waals surface area contributed by atoms with Gasteiger partial charge >= 0.3 is 0 Å². The number of nitrogens with one attached hydrogen (secondary N) is 1. The smallest absolute Gasteiger partial charge is 0.152 e. The Morgan fingerprint density at radius 2 is 1.89 bits per heavy atom. The highest BCUT2D eigenvalue weighted by atomic mass is 32.2. The van der Waals surface area contributed by atoms with Crippen molar-refractivity contribution in [2.45, 2.75) is 52.2 Å². The summed E-state index contributed by atoms with van der Waals surface area (Å²) in [7, 11) is -1.25. The Hall–Kier alpha value is -0.130. The maximum Gasteiger partial charge on any atom is 0.152 e. The fourth-order valence-corrected chi connectivity index (χ4v) is 3.34. The second kappa shape index (κ2) is 8.93. The van der Waals surface area contributed by atoms with Gasteiger partial charge < -0.3 is 10.1 Å². The van der Waals surface area contributed by atoms with E-state index in [2.05, 4.69) is 19.2 Å². The van der Waals surface area contributed by atoms with E-state index in [1.54, 1.807) is 21.0 Å². The van der Waals surface area contributed by atoms with Crippen LogP contribution in [0.1, 0.15) is 47.0 Å². The summed E-state index contributed by atoms with van der Waals surface area (Å²) in [4.78, 5) is 0. The zero-order valence-electron chi connectivity index (χ0n) is 13.2. The van der Waals surface area contributed by atoms with Crippen molar-refractivity contribution in [3.8, 4) is 0 Å². The molecule has 0 rings (SSSR count). The molecule has 0 bridgehead atoms. The minimum atomic E-state index is -2.94.